The number of carbonyl (C=O) groups is 1. The molecule has 0 aromatic heterocycles. The highest BCUT2D eigenvalue weighted by molar-refractivity contribution is 7.92. The van der Waals surface area contributed by atoms with Crippen molar-refractivity contribution < 1.29 is 13.2 Å². The van der Waals surface area contributed by atoms with Crippen molar-refractivity contribution in [1.29, 1.82) is 0 Å². The minimum Gasteiger partial charge on any atom is -0.352 e. The summed E-state index contributed by atoms with van der Waals surface area (Å²) in [7, 11) is 0.251. The van der Waals surface area contributed by atoms with Gasteiger partial charge in [0.1, 0.15) is 0 Å². The van der Waals surface area contributed by atoms with E-state index in [-0.39, 0.29) is 10.8 Å². The summed E-state index contributed by atoms with van der Waals surface area (Å²) in [5.74, 6) is -0.206. The predicted molar refractivity (Wildman–Crippen MR) is 109 cm³/mol. The van der Waals surface area contributed by atoms with Crippen molar-refractivity contribution in [3.05, 3.63) is 59.2 Å². The second-order valence-electron chi connectivity index (χ2n) is 6.81. The predicted octanol–water partition coefficient (Wildman–Crippen LogP) is 2.79. The number of nitrogens with zero attached hydrogens (tertiary/aromatic N) is 1. The quantitative estimate of drug-likeness (QED) is 0.681. The Morgan fingerprint density at radius 3 is 2.33 bits per heavy atom. The van der Waals surface area contributed by atoms with Crippen LogP contribution in [0.4, 0.5) is 5.69 Å². The minimum atomic E-state index is -3.71. The molecule has 2 aromatic carbocycles. The van der Waals surface area contributed by atoms with E-state index in [0.717, 1.165) is 18.5 Å². The monoisotopic (exact) mass is 389 g/mol. The van der Waals surface area contributed by atoms with E-state index in [1.807, 2.05) is 21.0 Å². The normalized spacial score (nSPS) is 11.4. The first-order valence-electron chi connectivity index (χ1n) is 8.83. The molecular weight excluding hydrogens is 362 g/mol. The van der Waals surface area contributed by atoms with Gasteiger partial charge >= 0.3 is 0 Å². The van der Waals surface area contributed by atoms with Crippen molar-refractivity contribution in [3.8, 4) is 0 Å². The molecule has 0 aliphatic heterocycles. The van der Waals surface area contributed by atoms with Gasteiger partial charge in [0.15, 0.2) is 0 Å². The molecule has 27 heavy (non-hydrogen) atoms. The van der Waals surface area contributed by atoms with Gasteiger partial charge in [0, 0.05) is 12.1 Å². The third-order valence-corrected chi connectivity index (χ3v) is 5.60. The smallest absolute Gasteiger partial charge is 0.261 e. The van der Waals surface area contributed by atoms with Gasteiger partial charge in [-0.25, -0.2) is 8.42 Å². The number of carbonyl (C=O) groups excluding carboxylic acids is 1. The molecule has 0 unspecified atom stereocenters. The van der Waals surface area contributed by atoms with Crippen molar-refractivity contribution in [1.82, 2.24) is 10.2 Å². The number of nitrogens with one attached hydrogen (secondary N) is 2. The molecule has 0 saturated heterocycles. The van der Waals surface area contributed by atoms with Gasteiger partial charge in [-0.05, 0) is 70.7 Å². The Balaban J connectivity index is 2.14. The van der Waals surface area contributed by atoms with Gasteiger partial charge in [-0.2, -0.15) is 0 Å². The average Bonchev–Trinajstić information content (AvgIpc) is 2.60. The number of hydrogen-bond donors (Lipinski definition) is 2. The fraction of sp³-hybridized carbons (Fsp3) is 0.350. The molecule has 0 radical (unpaired) electrons. The number of sulfonamides is 1. The maximum atomic E-state index is 12.6. The van der Waals surface area contributed by atoms with Crippen LogP contribution in [0.2, 0.25) is 0 Å². The topological polar surface area (TPSA) is 78.5 Å². The fourth-order valence-corrected chi connectivity index (χ4v) is 3.73. The van der Waals surface area contributed by atoms with Gasteiger partial charge in [0.25, 0.3) is 15.9 Å². The van der Waals surface area contributed by atoms with Crippen LogP contribution in [0.15, 0.2) is 47.4 Å². The maximum absolute atomic E-state index is 12.6. The third-order valence-electron chi connectivity index (χ3n) is 4.22. The lowest BCUT2D eigenvalue weighted by Gasteiger charge is -2.14. The first kappa shape index (κ1) is 20.9. The molecule has 2 N–H and O–H groups in total. The highest BCUT2D eigenvalue weighted by Gasteiger charge is 2.17. The van der Waals surface area contributed by atoms with Crippen molar-refractivity contribution in [2.45, 2.75) is 25.2 Å². The van der Waals surface area contributed by atoms with Crippen LogP contribution in [0, 0.1) is 13.8 Å². The summed E-state index contributed by atoms with van der Waals surface area (Å²) < 4.78 is 27.8. The Labute approximate surface area is 161 Å². The van der Waals surface area contributed by atoms with Gasteiger partial charge in [-0.15, -0.1) is 0 Å². The number of rotatable bonds is 8. The molecule has 0 saturated carbocycles. The highest BCUT2D eigenvalue weighted by atomic mass is 32.2. The van der Waals surface area contributed by atoms with Crippen molar-refractivity contribution >= 4 is 21.6 Å². The summed E-state index contributed by atoms with van der Waals surface area (Å²) >= 11 is 0. The van der Waals surface area contributed by atoms with Crippen LogP contribution in [-0.2, 0) is 10.0 Å². The van der Waals surface area contributed by atoms with E-state index < -0.39 is 10.0 Å². The number of anilines is 1. The third kappa shape index (κ3) is 5.80. The summed E-state index contributed by atoms with van der Waals surface area (Å²) in [6.45, 7) is 5.09. The zero-order chi connectivity index (χ0) is 20.0. The molecule has 0 aliphatic rings. The van der Waals surface area contributed by atoms with Crippen molar-refractivity contribution in [2.75, 3.05) is 31.9 Å². The van der Waals surface area contributed by atoms with Crippen molar-refractivity contribution in [2.24, 2.45) is 0 Å². The van der Waals surface area contributed by atoms with E-state index in [9.17, 15) is 13.2 Å². The second-order valence-corrected chi connectivity index (χ2v) is 8.49. The molecular formula is C20H27N3O3S. The number of benzene rings is 2. The van der Waals surface area contributed by atoms with E-state index in [1.165, 1.54) is 0 Å². The van der Waals surface area contributed by atoms with Crippen LogP contribution < -0.4 is 10.0 Å². The number of amides is 1. The van der Waals surface area contributed by atoms with E-state index in [1.54, 1.807) is 49.4 Å². The van der Waals surface area contributed by atoms with Crippen molar-refractivity contribution in [3.63, 3.8) is 0 Å². The van der Waals surface area contributed by atoms with Crippen LogP contribution in [0.25, 0.3) is 0 Å². The Morgan fingerprint density at radius 1 is 1.04 bits per heavy atom. The summed E-state index contributed by atoms with van der Waals surface area (Å²) in [6, 6.07) is 11.7. The van der Waals surface area contributed by atoms with E-state index in [0.29, 0.717) is 23.4 Å². The standard InChI is InChI=1S/C20H27N3O3S/c1-15-9-11-17(12-10-15)27(25,26)22-19-8-5-7-18(16(19)2)20(24)21-13-6-14-23(3)4/h5,7-12,22H,6,13-14H2,1-4H3,(H,21,24). The molecule has 0 fully saturated rings. The van der Waals surface area contributed by atoms with Gasteiger partial charge in [-0.1, -0.05) is 23.8 Å². The van der Waals surface area contributed by atoms with Gasteiger partial charge in [0.2, 0.25) is 0 Å². The zero-order valence-corrected chi connectivity index (χ0v) is 17.1. The minimum absolute atomic E-state index is 0.186. The summed E-state index contributed by atoms with van der Waals surface area (Å²) in [6.07, 6.45) is 0.845. The molecule has 0 spiro atoms. The SMILES string of the molecule is Cc1ccc(S(=O)(=O)Nc2cccc(C(=O)NCCCN(C)C)c2C)cc1. The van der Waals surface area contributed by atoms with E-state index in [2.05, 4.69) is 14.9 Å². The molecule has 6 nitrogen and oxygen atoms in total. The lowest BCUT2D eigenvalue weighted by molar-refractivity contribution is 0.0951. The maximum Gasteiger partial charge on any atom is 0.261 e. The molecule has 0 heterocycles. The van der Waals surface area contributed by atoms with Crippen LogP contribution in [0.1, 0.15) is 27.9 Å². The van der Waals surface area contributed by atoms with Crippen LogP contribution >= 0.6 is 0 Å². The van der Waals surface area contributed by atoms with E-state index >= 15 is 0 Å². The number of hydrogen-bond acceptors (Lipinski definition) is 4. The molecule has 1 amide bonds. The Bertz CT molecular complexity index is 891. The molecule has 0 aliphatic carbocycles. The number of aryl methyl sites for hydroxylation is 1. The average molecular weight is 390 g/mol. The lowest BCUT2D eigenvalue weighted by Crippen LogP contribution is -2.28. The first-order chi connectivity index (χ1) is 12.7. The Kier molecular flexibility index (Phi) is 6.98. The summed E-state index contributed by atoms with van der Waals surface area (Å²) in [4.78, 5) is 14.7. The summed E-state index contributed by atoms with van der Waals surface area (Å²) in [5, 5.41) is 2.88. The van der Waals surface area contributed by atoms with Gasteiger partial charge < -0.3 is 10.2 Å². The lowest BCUT2D eigenvalue weighted by atomic mass is 10.1. The van der Waals surface area contributed by atoms with Crippen LogP contribution in [0.3, 0.4) is 0 Å². The summed E-state index contributed by atoms with van der Waals surface area (Å²) in [5.41, 5.74) is 2.44. The fourth-order valence-electron chi connectivity index (χ4n) is 2.61. The van der Waals surface area contributed by atoms with Crippen LogP contribution in [0.5, 0.6) is 0 Å². The molecule has 2 rings (SSSR count). The second kappa shape index (κ2) is 9.01. The van der Waals surface area contributed by atoms with Gasteiger partial charge in [0.05, 0.1) is 10.6 Å². The van der Waals surface area contributed by atoms with Gasteiger partial charge in [-0.3, -0.25) is 9.52 Å². The first-order valence-corrected chi connectivity index (χ1v) is 10.3. The highest BCUT2D eigenvalue weighted by Crippen LogP contribution is 2.22. The Morgan fingerprint density at radius 2 is 1.70 bits per heavy atom. The molecule has 2 aromatic rings. The molecule has 0 atom stereocenters. The molecule has 7 heteroatoms. The van der Waals surface area contributed by atoms with Crippen LogP contribution in [-0.4, -0.2) is 46.4 Å². The molecule has 0 bridgehead atoms. The van der Waals surface area contributed by atoms with E-state index in [4.69, 9.17) is 0 Å². The zero-order valence-electron chi connectivity index (χ0n) is 16.2. The largest absolute Gasteiger partial charge is 0.352 e. The Hall–Kier alpha value is -2.38. The molecule has 146 valence electrons.